The molecule has 0 N–H and O–H groups in total. The molecule has 0 saturated heterocycles. The lowest BCUT2D eigenvalue weighted by atomic mass is 9.87. The van der Waals surface area contributed by atoms with Crippen LogP contribution in [0, 0.1) is 6.92 Å². The van der Waals surface area contributed by atoms with E-state index in [4.69, 9.17) is 13.9 Å². The molecule has 4 aromatic rings. The molecule has 0 radical (unpaired) electrons. The molecular weight excluding hydrogens is 404 g/mol. The Bertz CT molecular complexity index is 1320. The Labute approximate surface area is 186 Å². The van der Waals surface area contributed by atoms with Crippen LogP contribution >= 0.6 is 0 Å². The summed E-state index contributed by atoms with van der Waals surface area (Å²) < 4.78 is 16.7. The molecule has 0 spiro atoms. The zero-order valence-electron chi connectivity index (χ0n) is 18.5. The van der Waals surface area contributed by atoms with Gasteiger partial charge in [0.2, 0.25) is 11.2 Å². The van der Waals surface area contributed by atoms with Crippen LogP contribution in [0.25, 0.3) is 11.0 Å². The number of benzene rings is 3. The van der Waals surface area contributed by atoms with Gasteiger partial charge in [-0.3, -0.25) is 4.79 Å². The second-order valence-electron chi connectivity index (χ2n) is 8.72. The third-order valence-electron chi connectivity index (χ3n) is 5.16. The van der Waals surface area contributed by atoms with Crippen molar-refractivity contribution in [2.24, 2.45) is 0 Å². The van der Waals surface area contributed by atoms with E-state index >= 15 is 0 Å². The van der Waals surface area contributed by atoms with Crippen molar-refractivity contribution in [3.63, 3.8) is 0 Å². The zero-order chi connectivity index (χ0) is 22.9. The smallest absolute Gasteiger partial charge is 0.343 e. The molecule has 5 heteroatoms. The lowest BCUT2D eigenvalue weighted by molar-refractivity contribution is 0.0735. The Hall–Kier alpha value is -3.86. The monoisotopic (exact) mass is 428 g/mol. The SMILES string of the molecule is Cc1ccc(Oc2coc3cc(OC(=O)c4ccc(C(C)(C)C)cc4)ccc3c2=O)cc1. The minimum Gasteiger partial charge on any atom is -0.460 e. The van der Waals surface area contributed by atoms with E-state index in [1.54, 1.807) is 36.4 Å². The summed E-state index contributed by atoms with van der Waals surface area (Å²) in [7, 11) is 0. The minimum atomic E-state index is -0.480. The molecule has 1 heterocycles. The van der Waals surface area contributed by atoms with E-state index in [-0.39, 0.29) is 22.3 Å². The van der Waals surface area contributed by atoms with Crippen LogP contribution in [0.15, 0.2) is 82.2 Å². The second kappa shape index (κ2) is 8.35. The quantitative estimate of drug-likeness (QED) is 0.278. The van der Waals surface area contributed by atoms with Gasteiger partial charge in [-0.05, 0) is 54.3 Å². The first-order valence-electron chi connectivity index (χ1n) is 10.3. The van der Waals surface area contributed by atoms with Crippen LogP contribution < -0.4 is 14.9 Å². The van der Waals surface area contributed by atoms with Crippen molar-refractivity contribution in [2.75, 3.05) is 0 Å². The summed E-state index contributed by atoms with van der Waals surface area (Å²) in [4.78, 5) is 25.3. The largest absolute Gasteiger partial charge is 0.460 e. The highest BCUT2D eigenvalue weighted by Crippen LogP contribution is 2.26. The van der Waals surface area contributed by atoms with Gasteiger partial charge in [0.1, 0.15) is 23.3 Å². The van der Waals surface area contributed by atoms with Gasteiger partial charge in [0.25, 0.3) is 0 Å². The van der Waals surface area contributed by atoms with Crippen LogP contribution in [0.2, 0.25) is 0 Å². The van der Waals surface area contributed by atoms with Gasteiger partial charge in [-0.25, -0.2) is 4.79 Å². The molecule has 0 aliphatic carbocycles. The van der Waals surface area contributed by atoms with E-state index in [0.29, 0.717) is 22.3 Å². The fourth-order valence-electron chi connectivity index (χ4n) is 3.23. The molecule has 1 aromatic heterocycles. The Balaban J connectivity index is 1.54. The van der Waals surface area contributed by atoms with Gasteiger partial charge in [-0.1, -0.05) is 50.6 Å². The molecule has 4 rings (SSSR count). The fourth-order valence-corrected chi connectivity index (χ4v) is 3.23. The Morgan fingerprint density at radius 3 is 2.19 bits per heavy atom. The summed E-state index contributed by atoms with van der Waals surface area (Å²) in [5.41, 5.74) is 2.67. The van der Waals surface area contributed by atoms with Gasteiger partial charge >= 0.3 is 5.97 Å². The van der Waals surface area contributed by atoms with E-state index in [1.807, 2.05) is 31.2 Å². The summed E-state index contributed by atoms with van der Waals surface area (Å²) >= 11 is 0. The number of hydrogen-bond acceptors (Lipinski definition) is 5. The summed E-state index contributed by atoms with van der Waals surface area (Å²) in [5, 5.41) is 0.337. The molecular formula is C27H24O5. The highest BCUT2D eigenvalue weighted by Gasteiger charge is 2.16. The van der Waals surface area contributed by atoms with Crippen molar-refractivity contribution in [3.8, 4) is 17.2 Å². The number of hydrogen-bond donors (Lipinski definition) is 0. The third-order valence-corrected chi connectivity index (χ3v) is 5.16. The van der Waals surface area contributed by atoms with Crippen LogP contribution in [-0.2, 0) is 5.41 Å². The number of esters is 1. The second-order valence-corrected chi connectivity index (χ2v) is 8.72. The first-order chi connectivity index (χ1) is 15.2. The number of carbonyl (C=O) groups is 1. The van der Waals surface area contributed by atoms with Crippen molar-refractivity contribution in [2.45, 2.75) is 33.1 Å². The number of fused-ring (bicyclic) bond motifs is 1. The third kappa shape index (κ3) is 4.57. The van der Waals surface area contributed by atoms with E-state index in [0.717, 1.165) is 11.1 Å². The molecule has 0 aliphatic rings. The van der Waals surface area contributed by atoms with Crippen LogP contribution in [0.4, 0.5) is 0 Å². The van der Waals surface area contributed by atoms with E-state index in [1.165, 1.54) is 12.3 Å². The fraction of sp³-hybridized carbons (Fsp3) is 0.185. The van der Waals surface area contributed by atoms with Crippen molar-refractivity contribution in [3.05, 3.63) is 99.9 Å². The van der Waals surface area contributed by atoms with Crippen LogP contribution in [0.5, 0.6) is 17.2 Å². The molecule has 0 aliphatic heterocycles. The van der Waals surface area contributed by atoms with Gasteiger partial charge in [0.05, 0.1) is 10.9 Å². The molecule has 3 aromatic carbocycles. The van der Waals surface area contributed by atoms with Gasteiger partial charge in [0, 0.05) is 6.07 Å². The number of ether oxygens (including phenoxy) is 2. The summed E-state index contributed by atoms with van der Waals surface area (Å²) in [6.07, 6.45) is 1.27. The molecule has 162 valence electrons. The van der Waals surface area contributed by atoms with Crippen molar-refractivity contribution in [1.29, 1.82) is 0 Å². The maximum Gasteiger partial charge on any atom is 0.343 e. The zero-order valence-corrected chi connectivity index (χ0v) is 18.5. The molecule has 0 fully saturated rings. The van der Waals surface area contributed by atoms with Gasteiger partial charge in [-0.15, -0.1) is 0 Å². The van der Waals surface area contributed by atoms with Crippen LogP contribution in [0.3, 0.4) is 0 Å². The van der Waals surface area contributed by atoms with Crippen molar-refractivity contribution < 1.29 is 18.7 Å². The first kappa shape index (κ1) is 21.4. The van der Waals surface area contributed by atoms with Gasteiger partial charge in [-0.2, -0.15) is 0 Å². The minimum absolute atomic E-state index is 0.000341. The van der Waals surface area contributed by atoms with E-state index < -0.39 is 5.97 Å². The molecule has 0 bridgehead atoms. The average molecular weight is 428 g/mol. The first-order valence-corrected chi connectivity index (χ1v) is 10.3. The number of rotatable bonds is 4. The van der Waals surface area contributed by atoms with E-state index in [2.05, 4.69) is 20.8 Å². The standard InChI is InChI=1S/C27H24O5/c1-17-5-11-20(12-6-17)31-24-16-30-23-15-21(13-14-22(23)25(24)28)32-26(29)18-7-9-19(10-8-18)27(2,3)4/h5-16H,1-4H3. The average Bonchev–Trinajstić information content (AvgIpc) is 2.76. The van der Waals surface area contributed by atoms with Gasteiger partial charge < -0.3 is 13.9 Å². The van der Waals surface area contributed by atoms with Crippen molar-refractivity contribution in [1.82, 2.24) is 0 Å². The molecule has 0 amide bonds. The summed E-state index contributed by atoms with van der Waals surface area (Å²) in [6.45, 7) is 8.31. The molecule has 32 heavy (non-hydrogen) atoms. The highest BCUT2D eigenvalue weighted by molar-refractivity contribution is 5.91. The molecule has 0 atom stereocenters. The summed E-state index contributed by atoms with van der Waals surface area (Å²) in [6, 6.07) is 19.4. The maximum absolute atomic E-state index is 12.8. The number of aryl methyl sites for hydroxylation is 1. The van der Waals surface area contributed by atoms with Crippen LogP contribution in [-0.4, -0.2) is 5.97 Å². The van der Waals surface area contributed by atoms with Crippen molar-refractivity contribution >= 4 is 16.9 Å². The topological polar surface area (TPSA) is 65.7 Å². The predicted octanol–water partition coefficient (Wildman–Crippen LogP) is 6.41. The summed E-state index contributed by atoms with van der Waals surface area (Å²) in [5.74, 6) is 0.444. The lowest BCUT2D eigenvalue weighted by Crippen LogP contribution is -2.13. The van der Waals surface area contributed by atoms with Gasteiger partial charge in [0.15, 0.2) is 0 Å². The normalized spacial score (nSPS) is 11.4. The lowest BCUT2D eigenvalue weighted by Gasteiger charge is -2.18. The number of carbonyl (C=O) groups excluding carboxylic acids is 1. The Kier molecular flexibility index (Phi) is 5.57. The van der Waals surface area contributed by atoms with Crippen LogP contribution in [0.1, 0.15) is 42.3 Å². The predicted molar refractivity (Wildman–Crippen MR) is 124 cm³/mol. The molecule has 0 unspecified atom stereocenters. The molecule has 5 nitrogen and oxygen atoms in total. The highest BCUT2D eigenvalue weighted by atomic mass is 16.5. The maximum atomic E-state index is 12.8. The molecule has 0 saturated carbocycles. The Morgan fingerprint density at radius 2 is 1.53 bits per heavy atom. The van der Waals surface area contributed by atoms with E-state index in [9.17, 15) is 9.59 Å². The Morgan fingerprint density at radius 1 is 0.875 bits per heavy atom.